The number of fused-ring (bicyclic) bond motifs is 5. The average Bonchev–Trinajstić information content (AvgIpc) is 3.59. The van der Waals surface area contributed by atoms with Gasteiger partial charge in [0.1, 0.15) is 0 Å². The summed E-state index contributed by atoms with van der Waals surface area (Å²) in [5.41, 5.74) is 10.7. The summed E-state index contributed by atoms with van der Waals surface area (Å²) in [5.74, 6) is 0. The molecule has 0 spiro atoms. The molecule has 0 aliphatic rings. The van der Waals surface area contributed by atoms with Crippen molar-refractivity contribution in [1.29, 1.82) is 0 Å². The van der Waals surface area contributed by atoms with E-state index < -0.39 is 0 Å². The molecule has 0 aliphatic heterocycles. The van der Waals surface area contributed by atoms with Crippen LogP contribution in [-0.2, 0) is 0 Å². The van der Waals surface area contributed by atoms with Gasteiger partial charge in [-0.3, -0.25) is 0 Å². The number of hydrogen-bond donors (Lipinski definition) is 0. The van der Waals surface area contributed by atoms with Crippen LogP contribution in [0.5, 0.6) is 0 Å². The van der Waals surface area contributed by atoms with Gasteiger partial charge in [-0.15, -0.1) is 11.3 Å². The highest BCUT2D eigenvalue weighted by Gasteiger charge is 2.16. The van der Waals surface area contributed by atoms with Crippen molar-refractivity contribution in [2.45, 2.75) is 0 Å². The Morgan fingerprint density at radius 3 is 1.62 bits per heavy atom. The predicted octanol–water partition coefficient (Wildman–Crippen LogP) is 14.8. The molecule has 10 rings (SSSR count). The first kappa shape index (κ1) is 30.4. The first-order valence-electron chi connectivity index (χ1n) is 17.7. The molecular weight excluding hydrogens is 647 g/mol. The maximum Gasteiger partial charge on any atom is 0.0468 e. The molecule has 0 saturated heterocycles. The first-order chi connectivity index (χ1) is 25.7. The largest absolute Gasteiger partial charge is 0.310 e. The van der Waals surface area contributed by atoms with Crippen LogP contribution in [0.25, 0.3) is 75.1 Å². The Labute approximate surface area is 307 Å². The molecule has 0 aliphatic carbocycles. The third-order valence-electron chi connectivity index (χ3n) is 10.2. The van der Waals surface area contributed by atoms with Crippen molar-refractivity contribution in [2.24, 2.45) is 0 Å². The number of anilines is 3. The molecule has 0 saturated carbocycles. The van der Waals surface area contributed by atoms with Gasteiger partial charge < -0.3 is 4.90 Å². The zero-order valence-electron chi connectivity index (χ0n) is 28.4. The van der Waals surface area contributed by atoms with E-state index in [9.17, 15) is 0 Å². The lowest BCUT2D eigenvalue weighted by Crippen LogP contribution is -2.10. The van der Waals surface area contributed by atoms with Crippen molar-refractivity contribution >= 4 is 70.1 Å². The van der Waals surface area contributed by atoms with E-state index in [1.165, 1.54) is 75.1 Å². The molecule has 52 heavy (non-hydrogen) atoms. The Morgan fingerprint density at radius 2 is 0.788 bits per heavy atom. The fraction of sp³-hybridized carbons (Fsp3) is 0. The predicted molar refractivity (Wildman–Crippen MR) is 225 cm³/mol. The van der Waals surface area contributed by atoms with Crippen molar-refractivity contribution in [2.75, 3.05) is 4.90 Å². The molecule has 10 aromatic rings. The number of thiophene rings is 1. The molecule has 2 heteroatoms. The molecule has 0 N–H and O–H groups in total. The minimum atomic E-state index is 1.13. The number of benzene rings is 9. The summed E-state index contributed by atoms with van der Waals surface area (Å²) in [6.07, 6.45) is 0. The lowest BCUT2D eigenvalue weighted by atomic mass is 9.96. The van der Waals surface area contributed by atoms with E-state index in [0.717, 1.165) is 17.1 Å². The van der Waals surface area contributed by atoms with Crippen molar-refractivity contribution in [1.82, 2.24) is 0 Å². The maximum atomic E-state index is 2.40. The van der Waals surface area contributed by atoms with Gasteiger partial charge in [0.05, 0.1) is 0 Å². The Morgan fingerprint density at radius 1 is 0.269 bits per heavy atom. The molecule has 1 heterocycles. The highest BCUT2D eigenvalue weighted by Crippen LogP contribution is 2.42. The minimum Gasteiger partial charge on any atom is -0.310 e. The molecule has 1 aromatic heterocycles. The van der Waals surface area contributed by atoms with Gasteiger partial charge in [-0.25, -0.2) is 0 Å². The highest BCUT2D eigenvalue weighted by atomic mass is 32.1. The van der Waals surface area contributed by atoms with Crippen molar-refractivity contribution in [3.05, 3.63) is 200 Å². The van der Waals surface area contributed by atoms with E-state index in [0.29, 0.717) is 0 Å². The summed E-state index contributed by atoms with van der Waals surface area (Å²) < 4.78 is 2.62. The minimum absolute atomic E-state index is 1.13. The van der Waals surface area contributed by atoms with Crippen LogP contribution in [0.4, 0.5) is 17.1 Å². The van der Waals surface area contributed by atoms with Gasteiger partial charge in [0.2, 0.25) is 0 Å². The van der Waals surface area contributed by atoms with E-state index >= 15 is 0 Å². The van der Waals surface area contributed by atoms with Crippen LogP contribution in [0.3, 0.4) is 0 Å². The van der Waals surface area contributed by atoms with E-state index in [-0.39, 0.29) is 0 Å². The summed E-state index contributed by atoms with van der Waals surface area (Å²) in [5, 5.41) is 7.54. The van der Waals surface area contributed by atoms with Gasteiger partial charge >= 0.3 is 0 Å². The monoisotopic (exact) mass is 679 g/mol. The molecule has 0 amide bonds. The molecular formula is C50H33NS. The molecule has 0 atom stereocenters. The van der Waals surface area contributed by atoms with Gasteiger partial charge in [0.15, 0.2) is 0 Å². The first-order valence-corrected chi connectivity index (χ1v) is 18.6. The summed E-state index contributed by atoms with van der Waals surface area (Å²) in [6.45, 7) is 0. The van der Waals surface area contributed by atoms with Crippen LogP contribution in [0, 0.1) is 0 Å². The molecule has 244 valence electrons. The lowest BCUT2D eigenvalue weighted by molar-refractivity contribution is 1.30. The van der Waals surface area contributed by atoms with Gasteiger partial charge in [0.25, 0.3) is 0 Å². The Hall–Kier alpha value is -6.48. The van der Waals surface area contributed by atoms with Crippen LogP contribution < -0.4 is 4.90 Å². The average molecular weight is 680 g/mol. The van der Waals surface area contributed by atoms with Crippen LogP contribution in [0.15, 0.2) is 200 Å². The summed E-state index contributed by atoms with van der Waals surface area (Å²) in [6, 6.07) is 73.1. The molecule has 1 nitrogen and oxygen atoms in total. The van der Waals surface area contributed by atoms with Crippen molar-refractivity contribution in [3.63, 3.8) is 0 Å². The zero-order valence-corrected chi connectivity index (χ0v) is 29.2. The Bertz CT molecular complexity index is 2920. The number of rotatable bonds is 6. The molecule has 0 fully saturated rings. The van der Waals surface area contributed by atoms with Gasteiger partial charge in [0, 0.05) is 37.2 Å². The molecule has 0 bridgehead atoms. The van der Waals surface area contributed by atoms with Gasteiger partial charge in [-0.1, -0.05) is 133 Å². The van der Waals surface area contributed by atoms with Gasteiger partial charge in [-0.05, 0) is 122 Å². The summed E-state index contributed by atoms with van der Waals surface area (Å²) in [7, 11) is 0. The van der Waals surface area contributed by atoms with Crippen LogP contribution >= 0.6 is 11.3 Å². The highest BCUT2D eigenvalue weighted by molar-refractivity contribution is 7.25. The fourth-order valence-corrected chi connectivity index (χ4v) is 8.64. The second-order valence-corrected chi connectivity index (χ2v) is 14.5. The maximum absolute atomic E-state index is 2.40. The fourth-order valence-electron chi connectivity index (χ4n) is 7.55. The molecule has 0 radical (unpaired) electrons. The summed E-state index contributed by atoms with van der Waals surface area (Å²) in [4.78, 5) is 2.40. The van der Waals surface area contributed by atoms with E-state index in [2.05, 4.69) is 205 Å². The van der Waals surface area contributed by atoms with Crippen LogP contribution in [0.1, 0.15) is 0 Å². The van der Waals surface area contributed by atoms with E-state index in [1.807, 2.05) is 11.3 Å². The quantitative estimate of drug-likeness (QED) is 0.169. The van der Waals surface area contributed by atoms with Crippen molar-refractivity contribution < 1.29 is 0 Å². The lowest BCUT2D eigenvalue weighted by Gasteiger charge is -2.26. The zero-order chi connectivity index (χ0) is 34.4. The Balaban J connectivity index is 1.06. The normalized spacial score (nSPS) is 11.5. The smallest absolute Gasteiger partial charge is 0.0468 e. The SMILES string of the molecule is c1ccc(-c2cccc(N(c3ccc4cc(-c5cccc(-c6ccc7ccccc7c6)c5)ccc4c3)c3ccc4sc5ccccc5c4c3)c2)cc1. The van der Waals surface area contributed by atoms with Crippen molar-refractivity contribution in [3.8, 4) is 33.4 Å². The summed E-state index contributed by atoms with van der Waals surface area (Å²) >= 11 is 1.86. The van der Waals surface area contributed by atoms with E-state index in [1.54, 1.807) is 0 Å². The second kappa shape index (κ2) is 12.7. The second-order valence-electron chi connectivity index (χ2n) is 13.4. The number of hydrogen-bond acceptors (Lipinski definition) is 2. The topological polar surface area (TPSA) is 3.24 Å². The molecule has 0 unspecified atom stereocenters. The van der Waals surface area contributed by atoms with Crippen LogP contribution in [0.2, 0.25) is 0 Å². The Kier molecular flexibility index (Phi) is 7.41. The van der Waals surface area contributed by atoms with E-state index in [4.69, 9.17) is 0 Å². The number of nitrogens with zero attached hydrogens (tertiary/aromatic N) is 1. The van der Waals surface area contributed by atoms with Gasteiger partial charge in [-0.2, -0.15) is 0 Å². The third-order valence-corrected chi connectivity index (χ3v) is 11.3. The van der Waals surface area contributed by atoms with Crippen LogP contribution in [-0.4, -0.2) is 0 Å². The molecule has 9 aromatic carbocycles. The standard InChI is InChI=1S/C50H33NS/c1-2-10-34(11-3-1)39-16-9-17-44(31-39)51(46-26-27-50-48(33-46)47-18-6-7-19-49(47)52-50)45-25-24-42-30-41(22-23-43(42)32-45)38-15-8-14-37(29-38)40-21-20-35-12-4-5-13-36(35)28-40/h1-33H. The third kappa shape index (κ3) is 5.51.